The van der Waals surface area contributed by atoms with E-state index in [0.29, 0.717) is 6.42 Å². The molecule has 1 aromatic rings. The van der Waals surface area contributed by atoms with E-state index in [-0.39, 0.29) is 0 Å². The van der Waals surface area contributed by atoms with Gasteiger partial charge in [0.25, 0.3) is 0 Å². The van der Waals surface area contributed by atoms with Crippen LogP contribution in [0.2, 0.25) is 0 Å². The van der Waals surface area contributed by atoms with Crippen molar-refractivity contribution in [3.63, 3.8) is 0 Å². The summed E-state index contributed by atoms with van der Waals surface area (Å²) in [6.45, 7) is 0.506. The van der Waals surface area contributed by atoms with Crippen LogP contribution in [0.1, 0.15) is 21.1 Å². The Morgan fingerprint density at radius 2 is 2.08 bits per heavy atom. The highest BCUT2D eigenvalue weighted by molar-refractivity contribution is 5.14. The summed E-state index contributed by atoms with van der Waals surface area (Å²) < 4.78 is 15.6. The Bertz CT molecular complexity index is 297. The highest BCUT2D eigenvalue weighted by Crippen LogP contribution is 2.11. The van der Waals surface area contributed by atoms with Gasteiger partial charge < -0.3 is 0 Å². The monoisotopic (exact) mass is 163 g/mol. The molecule has 0 aliphatic carbocycles. The van der Waals surface area contributed by atoms with Crippen LogP contribution in [0.3, 0.4) is 0 Å². The quantitative estimate of drug-likeness (QED) is 0.646. The molecule has 2 rings (SSSR count). The van der Waals surface area contributed by atoms with Crippen LogP contribution >= 0.6 is 0 Å². The van der Waals surface area contributed by atoms with Gasteiger partial charge in [-0.25, -0.2) is 0 Å². The lowest BCUT2D eigenvalue weighted by Crippen LogP contribution is -2.18. The fraction of sp³-hybridized carbons (Fsp3) is 0.455. The van der Waals surface area contributed by atoms with Gasteiger partial charge in [-0.3, -0.25) is 4.90 Å². The first-order chi connectivity index (χ1) is 6.68. The minimum Gasteiger partial charge on any atom is -0.299 e. The summed E-state index contributed by atoms with van der Waals surface area (Å²) in [7, 11) is 0. The summed E-state index contributed by atoms with van der Waals surface area (Å²) in [5, 5.41) is 0. The van der Waals surface area contributed by atoms with Gasteiger partial charge in [-0.2, -0.15) is 0 Å². The van der Waals surface area contributed by atoms with Crippen molar-refractivity contribution in [2.75, 3.05) is 13.0 Å². The Morgan fingerprint density at radius 3 is 2.75 bits per heavy atom. The molecule has 12 heavy (non-hydrogen) atoms. The molecule has 0 N–H and O–H groups in total. The molecule has 1 heterocycles. The fourth-order valence-electron chi connectivity index (χ4n) is 1.52. The van der Waals surface area contributed by atoms with Crippen LogP contribution in [-0.2, 0) is 6.54 Å². The molecule has 0 unspecified atom stereocenters. The van der Waals surface area contributed by atoms with Crippen molar-refractivity contribution in [2.45, 2.75) is 19.4 Å². The smallest absolute Gasteiger partial charge is 0.0431 e. The van der Waals surface area contributed by atoms with E-state index in [2.05, 4.69) is 12.1 Å². The minimum atomic E-state index is -1.10. The van der Waals surface area contributed by atoms with E-state index in [1.54, 1.807) is 0 Å². The Morgan fingerprint density at radius 1 is 1.25 bits per heavy atom. The predicted octanol–water partition coefficient (Wildman–Crippen LogP) is 2.28. The molecule has 1 aliphatic rings. The van der Waals surface area contributed by atoms with Crippen LogP contribution in [0, 0.1) is 0 Å². The largest absolute Gasteiger partial charge is 0.299 e. The molecule has 0 amide bonds. The normalized spacial score (nSPS) is 25.0. The molecule has 1 aliphatic heterocycles. The second-order valence-corrected chi connectivity index (χ2v) is 3.17. The molecule has 1 aromatic carbocycles. The number of hydrogen-bond acceptors (Lipinski definition) is 1. The van der Waals surface area contributed by atoms with Crippen molar-refractivity contribution in [2.24, 2.45) is 0 Å². The Balaban J connectivity index is 2.05. The van der Waals surface area contributed by atoms with E-state index >= 15 is 0 Å². The summed E-state index contributed by atoms with van der Waals surface area (Å²) in [6.07, 6.45) is 1.64. The van der Waals surface area contributed by atoms with E-state index in [9.17, 15) is 0 Å². The second kappa shape index (κ2) is 3.72. The molecule has 0 radical (unpaired) electrons. The molecular weight excluding hydrogens is 146 g/mol. The van der Waals surface area contributed by atoms with E-state index in [0.717, 1.165) is 19.5 Å². The third kappa shape index (κ3) is 1.86. The highest BCUT2D eigenvalue weighted by Gasteiger charge is 2.10. The van der Waals surface area contributed by atoms with Crippen molar-refractivity contribution in [3.8, 4) is 0 Å². The molecule has 1 heteroatoms. The third-order valence-electron chi connectivity index (χ3n) is 2.16. The van der Waals surface area contributed by atoms with Crippen LogP contribution in [0.15, 0.2) is 30.3 Å². The SMILES string of the molecule is [2H]C1([2H])CCCN1Cc1ccccc1. The van der Waals surface area contributed by atoms with Gasteiger partial charge >= 0.3 is 0 Å². The number of hydrogen-bond donors (Lipinski definition) is 0. The maximum Gasteiger partial charge on any atom is 0.0431 e. The number of nitrogens with zero attached hydrogens (tertiary/aromatic N) is 1. The van der Waals surface area contributed by atoms with Gasteiger partial charge in [-0.1, -0.05) is 30.3 Å². The molecule has 0 atom stereocenters. The third-order valence-corrected chi connectivity index (χ3v) is 2.16. The summed E-state index contributed by atoms with van der Waals surface area (Å²) in [6, 6.07) is 10.1. The van der Waals surface area contributed by atoms with E-state index in [1.165, 1.54) is 5.56 Å². The maximum absolute atomic E-state index is 7.79. The van der Waals surface area contributed by atoms with Crippen molar-refractivity contribution in [1.29, 1.82) is 0 Å². The van der Waals surface area contributed by atoms with E-state index < -0.39 is 6.50 Å². The molecule has 0 spiro atoms. The molecular formula is C11H15N. The van der Waals surface area contributed by atoms with E-state index in [1.807, 2.05) is 23.1 Å². The molecule has 0 bridgehead atoms. The van der Waals surface area contributed by atoms with Gasteiger partial charge in [0, 0.05) is 9.29 Å². The lowest BCUT2D eigenvalue weighted by molar-refractivity contribution is 0.331. The number of rotatable bonds is 2. The minimum absolute atomic E-state index is 0.667. The van der Waals surface area contributed by atoms with Crippen LogP contribution < -0.4 is 0 Å². The standard InChI is InChI=1S/C11H15N/c1-2-6-11(7-3-1)10-12-8-4-5-9-12/h1-3,6-7H,4-5,8-10H2/i8D2. The topological polar surface area (TPSA) is 3.24 Å². The Kier molecular flexibility index (Phi) is 1.79. The summed E-state index contributed by atoms with van der Waals surface area (Å²) >= 11 is 0. The molecule has 0 aromatic heterocycles. The van der Waals surface area contributed by atoms with Crippen LogP contribution in [0.5, 0.6) is 0 Å². The van der Waals surface area contributed by atoms with Gasteiger partial charge in [0.2, 0.25) is 0 Å². The maximum atomic E-state index is 7.79. The van der Waals surface area contributed by atoms with E-state index in [4.69, 9.17) is 2.74 Å². The molecule has 64 valence electrons. The summed E-state index contributed by atoms with van der Waals surface area (Å²) in [4.78, 5) is 1.92. The van der Waals surface area contributed by atoms with Crippen molar-refractivity contribution in [1.82, 2.24) is 4.90 Å². The van der Waals surface area contributed by atoms with Gasteiger partial charge in [0.1, 0.15) is 0 Å². The number of likely N-dealkylation sites (tertiary alicyclic amines) is 1. The van der Waals surface area contributed by atoms with Gasteiger partial charge in [0.05, 0.1) is 0 Å². The first-order valence-electron chi connectivity index (χ1n) is 5.47. The van der Waals surface area contributed by atoms with Gasteiger partial charge in [-0.05, 0) is 31.4 Å². The summed E-state index contributed by atoms with van der Waals surface area (Å²) in [5.41, 5.74) is 1.19. The first-order valence-corrected chi connectivity index (χ1v) is 4.47. The second-order valence-electron chi connectivity index (χ2n) is 3.17. The predicted molar refractivity (Wildman–Crippen MR) is 51.0 cm³/mol. The molecule has 1 fully saturated rings. The average molecular weight is 163 g/mol. The molecule has 1 saturated heterocycles. The van der Waals surface area contributed by atoms with Crippen LogP contribution in [0.4, 0.5) is 0 Å². The highest BCUT2D eigenvalue weighted by atomic mass is 15.1. The Hall–Kier alpha value is -0.820. The number of benzene rings is 1. The summed E-state index contributed by atoms with van der Waals surface area (Å²) in [5.74, 6) is 0. The van der Waals surface area contributed by atoms with Crippen molar-refractivity contribution >= 4 is 0 Å². The van der Waals surface area contributed by atoms with Crippen LogP contribution in [-0.4, -0.2) is 17.9 Å². The molecule has 0 saturated carbocycles. The van der Waals surface area contributed by atoms with Gasteiger partial charge in [-0.15, -0.1) is 0 Å². The van der Waals surface area contributed by atoms with Gasteiger partial charge in [0.15, 0.2) is 0 Å². The lowest BCUT2D eigenvalue weighted by Gasteiger charge is -2.13. The fourth-order valence-corrected chi connectivity index (χ4v) is 1.52. The average Bonchev–Trinajstić information content (AvgIpc) is 2.48. The van der Waals surface area contributed by atoms with Crippen molar-refractivity contribution in [3.05, 3.63) is 35.9 Å². The zero-order valence-corrected chi connectivity index (χ0v) is 7.16. The zero-order valence-electron chi connectivity index (χ0n) is 9.16. The molecule has 1 nitrogen and oxygen atoms in total. The van der Waals surface area contributed by atoms with Crippen molar-refractivity contribution < 1.29 is 2.74 Å². The zero-order chi connectivity index (χ0) is 10.0. The first kappa shape index (κ1) is 5.76. The van der Waals surface area contributed by atoms with Crippen LogP contribution in [0.25, 0.3) is 0 Å². The Labute approximate surface area is 76.8 Å². The lowest BCUT2D eigenvalue weighted by atomic mass is 10.2.